The summed E-state index contributed by atoms with van der Waals surface area (Å²) in [7, 11) is 0. The van der Waals surface area contributed by atoms with E-state index in [1.807, 2.05) is 13.8 Å². The van der Waals surface area contributed by atoms with E-state index in [9.17, 15) is 8.78 Å². The average molecular weight is 265 g/mol. The first kappa shape index (κ1) is 13.7. The Labute approximate surface area is 111 Å². The third-order valence-corrected chi connectivity index (χ3v) is 3.05. The van der Waals surface area contributed by atoms with Crippen LogP contribution in [0.15, 0.2) is 34.7 Å². The van der Waals surface area contributed by atoms with Gasteiger partial charge in [0.2, 0.25) is 0 Å². The lowest BCUT2D eigenvalue weighted by Gasteiger charge is -2.12. The van der Waals surface area contributed by atoms with E-state index in [1.54, 1.807) is 12.1 Å². The van der Waals surface area contributed by atoms with E-state index in [4.69, 9.17) is 4.42 Å². The van der Waals surface area contributed by atoms with Crippen molar-refractivity contribution in [1.82, 2.24) is 5.32 Å². The highest BCUT2D eigenvalue weighted by Gasteiger charge is 2.16. The predicted molar refractivity (Wildman–Crippen MR) is 70.8 cm³/mol. The van der Waals surface area contributed by atoms with Gasteiger partial charge >= 0.3 is 0 Å². The van der Waals surface area contributed by atoms with Crippen molar-refractivity contribution < 1.29 is 13.2 Å². The minimum Gasteiger partial charge on any atom is -0.459 e. The lowest BCUT2D eigenvalue weighted by molar-refractivity contribution is 0.415. The first-order valence-corrected chi connectivity index (χ1v) is 6.44. The smallest absolute Gasteiger partial charge is 0.169 e. The SMILES string of the molecule is CCNC(CC)c1ccc(-c2cccc(F)c2F)o1. The molecule has 0 fully saturated rings. The molecule has 0 spiro atoms. The number of halogens is 2. The van der Waals surface area contributed by atoms with Crippen molar-refractivity contribution in [2.45, 2.75) is 26.3 Å². The van der Waals surface area contributed by atoms with E-state index < -0.39 is 11.6 Å². The molecule has 1 heterocycles. The summed E-state index contributed by atoms with van der Waals surface area (Å²) in [4.78, 5) is 0. The molecule has 0 saturated carbocycles. The quantitative estimate of drug-likeness (QED) is 0.872. The fraction of sp³-hybridized carbons (Fsp3) is 0.333. The van der Waals surface area contributed by atoms with Crippen LogP contribution in [0.1, 0.15) is 32.1 Å². The fourth-order valence-electron chi connectivity index (χ4n) is 2.07. The number of nitrogens with one attached hydrogen (secondary N) is 1. The predicted octanol–water partition coefficient (Wildman–Crippen LogP) is 4.29. The zero-order valence-electron chi connectivity index (χ0n) is 11.0. The van der Waals surface area contributed by atoms with Crippen LogP contribution in [0.25, 0.3) is 11.3 Å². The van der Waals surface area contributed by atoms with Gasteiger partial charge in [0, 0.05) is 0 Å². The molecule has 0 radical (unpaired) electrons. The maximum absolute atomic E-state index is 13.7. The van der Waals surface area contributed by atoms with Crippen LogP contribution in [0.3, 0.4) is 0 Å². The molecule has 0 saturated heterocycles. The van der Waals surface area contributed by atoms with Crippen LogP contribution in [0.2, 0.25) is 0 Å². The molecule has 4 heteroatoms. The molecule has 0 aliphatic rings. The molecule has 1 unspecified atom stereocenters. The zero-order valence-corrected chi connectivity index (χ0v) is 11.0. The summed E-state index contributed by atoms with van der Waals surface area (Å²) in [6, 6.07) is 7.64. The van der Waals surface area contributed by atoms with Gasteiger partial charge in [-0.15, -0.1) is 0 Å². The van der Waals surface area contributed by atoms with Crippen molar-refractivity contribution in [2.24, 2.45) is 0 Å². The van der Waals surface area contributed by atoms with Gasteiger partial charge in [-0.3, -0.25) is 0 Å². The molecule has 1 N–H and O–H groups in total. The molecule has 19 heavy (non-hydrogen) atoms. The maximum Gasteiger partial charge on any atom is 0.169 e. The van der Waals surface area contributed by atoms with Gasteiger partial charge in [0.15, 0.2) is 11.6 Å². The Balaban J connectivity index is 2.32. The summed E-state index contributed by atoms with van der Waals surface area (Å²) in [5.74, 6) is -0.652. The Morgan fingerprint density at radius 3 is 2.63 bits per heavy atom. The number of hydrogen-bond acceptors (Lipinski definition) is 2. The molecule has 0 aliphatic carbocycles. The van der Waals surface area contributed by atoms with E-state index in [0.717, 1.165) is 24.8 Å². The van der Waals surface area contributed by atoms with Gasteiger partial charge in [-0.1, -0.05) is 19.9 Å². The van der Waals surface area contributed by atoms with Crippen LogP contribution >= 0.6 is 0 Å². The lowest BCUT2D eigenvalue weighted by atomic mass is 10.1. The Hall–Kier alpha value is -1.68. The van der Waals surface area contributed by atoms with Crippen molar-refractivity contribution in [3.8, 4) is 11.3 Å². The Kier molecular flexibility index (Phi) is 4.32. The standard InChI is InChI=1S/C15H17F2NO/c1-3-12(18-4-2)14-9-8-13(19-14)10-6-5-7-11(16)15(10)17/h5-9,12,18H,3-4H2,1-2H3. The van der Waals surface area contributed by atoms with Crippen molar-refractivity contribution >= 4 is 0 Å². The number of rotatable bonds is 5. The second-order valence-corrected chi connectivity index (χ2v) is 4.32. The Morgan fingerprint density at radius 2 is 1.95 bits per heavy atom. The van der Waals surface area contributed by atoms with E-state index in [0.29, 0.717) is 5.76 Å². The first-order chi connectivity index (χ1) is 9.17. The molecule has 2 aromatic rings. The lowest BCUT2D eigenvalue weighted by Crippen LogP contribution is -2.19. The zero-order chi connectivity index (χ0) is 13.8. The van der Waals surface area contributed by atoms with E-state index in [-0.39, 0.29) is 11.6 Å². The molecule has 0 aliphatic heterocycles. The topological polar surface area (TPSA) is 25.2 Å². The van der Waals surface area contributed by atoms with Crippen LogP contribution in [-0.2, 0) is 0 Å². The molecule has 0 amide bonds. The molecular weight excluding hydrogens is 248 g/mol. The third-order valence-electron chi connectivity index (χ3n) is 3.05. The normalized spacial score (nSPS) is 12.6. The monoisotopic (exact) mass is 265 g/mol. The van der Waals surface area contributed by atoms with Crippen LogP contribution in [0.4, 0.5) is 8.78 Å². The van der Waals surface area contributed by atoms with Crippen LogP contribution < -0.4 is 5.32 Å². The first-order valence-electron chi connectivity index (χ1n) is 6.44. The number of hydrogen-bond donors (Lipinski definition) is 1. The van der Waals surface area contributed by atoms with Gasteiger partial charge in [-0.05, 0) is 37.2 Å². The van der Waals surface area contributed by atoms with E-state index in [2.05, 4.69) is 5.32 Å². The average Bonchev–Trinajstić information content (AvgIpc) is 2.88. The molecule has 1 aromatic carbocycles. The summed E-state index contributed by atoms with van der Waals surface area (Å²) in [6.45, 7) is 4.87. The van der Waals surface area contributed by atoms with E-state index in [1.165, 1.54) is 12.1 Å². The minimum absolute atomic E-state index is 0.0929. The summed E-state index contributed by atoms with van der Waals surface area (Å²) in [5, 5.41) is 3.28. The summed E-state index contributed by atoms with van der Waals surface area (Å²) in [5.41, 5.74) is 0.151. The highest BCUT2D eigenvalue weighted by molar-refractivity contribution is 5.58. The molecular formula is C15H17F2NO. The Bertz CT molecular complexity index is 551. The summed E-state index contributed by atoms with van der Waals surface area (Å²) < 4.78 is 32.5. The molecule has 2 rings (SSSR count). The number of furan rings is 1. The molecule has 1 atom stereocenters. The van der Waals surface area contributed by atoms with Crippen LogP contribution in [0, 0.1) is 11.6 Å². The number of benzene rings is 1. The van der Waals surface area contributed by atoms with Crippen molar-refractivity contribution in [3.05, 3.63) is 47.7 Å². The molecule has 1 aromatic heterocycles. The van der Waals surface area contributed by atoms with Gasteiger partial charge in [0.1, 0.15) is 11.5 Å². The van der Waals surface area contributed by atoms with Crippen molar-refractivity contribution in [2.75, 3.05) is 6.54 Å². The minimum atomic E-state index is -0.875. The maximum atomic E-state index is 13.7. The summed E-state index contributed by atoms with van der Waals surface area (Å²) >= 11 is 0. The van der Waals surface area contributed by atoms with Gasteiger partial charge in [-0.2, -0.15) is 0 Å². The van der Waals surface area contributed by atoms with Crippen LogP contribution in [-0.4, -0.2) is 6.54 Å². The summed E-state index contributed by atoms with van der Waals surface area (Å²) in [6.07, 6.45) is 0.867. The second-order valence-electron chi connectivity index (χ2n) is 4.32. The van der Waals surface area contributed by atoms with Gasteiger partial charge in [-0.25, -0.2) is 8.78 Å². The van der Waals surface area contributed by atoms with Gasteiger partial charge < -0.3 is 9.73 Å². The van der Waals surface area contributed by atoms with Crippen molar-refractivity contribution in [3.63, 3.8) is 0 Å². The third kappa shape index (κ3) is 2.84. The largest absolute Gasteiger partial charge is 0.459 e. The van der Waals surface area contributed by atoms with Crippen LogP contribution in [0.5, 0.6) is 0 Å². The highest BCUT2D eigenvalue weighted by Crippen LogP contribution is 2.29. The second kappa shape index (κ2) is 5.97. The van der Waals surface area contributed by atoms with Gasteiger partial charge in [0.25, 0.3) is 0 Å². The van der Waals surface area contributed by atoms with E-state index >= 15 is 0 Å². The Morgan fingerprint density at radius 1 is 1.16 bits per heavy atom. The van der Waals surface area contributed by atoms with Gasteiger partial charge in [0.05, 0.1) is 11.6 Å². The fourth-order valence-corrected chi connectivity index (χ4v) is 2.07. The molecule has 102 valence electrons. The molecule has 2 nitrogen and oxygen atoms in total. The molecule has 0 bridgehead atoms. The van der Waals surface area contributed by atoms with Crippen molar-refractivity contribution in [1.29, 1.82) is 0 Å². The highest BCUT2D eigenvalue weighted by atomic mass is 19.2.